The Morgan fingerprint density at radius 3 is 2.60 bits per heavy atom. The van der Waals surface area contributed by atoms with Gasteiger partial charge in [-0.05, 0) is 19.1 Å². The second kappa shape index (κ2) is 7.79. The van der Waals surface area contributed by atoms with Gasteiger partial charge in [-0.1, -0.05) is 6.07 Å². The molecule has 0 saturated heterocycles. The highest BCUT2D eigenvalue weighted by Gasteiger charge is 2.16. The highest BCUT2D eigenvalue weighted by atomic mass is 35.5. The Morgan fingerprint density at radius 1 is 1.35 bits per heavy atom. The van der Waals surface area contributed by atoms with Crippen LogP contribution in [-0.4, -0.2) is 30.9 Å². The van der Waals surface area contributed by atoms with Crippen molar-refractivity contribution in [2.24, 2.45) is 0 Å². The number of rotatable bonds is 7. The molecule has 4 nitrogen and oxygen atoms in total. The number of hydrogen-bond donors (Lipinski definition) is 0. The molecular weight excluding hydrogens is 294 g/mol. The summed E-state index contributed by atoms with van der Waals surface area (Å²) in [5.74, 6) is -1.45. The zero-order valence-corrected chi connectivity index (χ0v) is 11.5. The molecule has 1 rings (SSSR count). The fourth-order valence-electron chi connectivity index (χ4n) is 1.51. The highest BCUT2D eigenvalue weighted by Crippen LogP contribution is 2.24. The van der Waals surface area contributed by atoms with E-state index in [2.05, 4.69) is 4.74 Å². The molecule has 0 aliphatic rings. The van der Waals surface area contributed by atoms with Crippen molar-refractivity contribution >= 4 is 23.4 Å². The molecule has 0 aromatic heterocycles. The number of hydrogen-bond acceptors (Lipinski definition) is 4. The minimum Gasteiger partial charge on any atom is -0.462 e. The molecule has 0 atom stereocenters. The fraction of sp³-hybridized carbons (Fsp3) is 0.385. The van der Waals surface area contributed by atoms with Crippen molar-refractivity contribution in [3.63, 3.8) is 0 Å². The molecule has 7 heteroatoms. The Balaban J connectivity index is 3.05. The van der Waals surface area contributed by atoms with Crippen LogP contribution in [0.1, 0.15) is 22.8 Å². The summed E-state index contributed by atoms with van der Waals surface area (Å²) in [7, 11) is 0. The van der Waals surface area contributed by atoms with Gasteiger partial charge in [0.1, 0.15) is 5.75 Å². The summed E-state index contributed by atoms with van der Waals surface area (Å²) in [6.07, 6.45) is -0.144. The van der Waals surface area contributed by atoms with E-state index in [-0.39, 0.29) is 41.6 Å². The lowest BCUT2D eigenvalue weighted by atomic mass is 10.1. The second-order valence-electron chi connectivity index (χ2n) is 3.77. The van der Waals surface area contributed by atoms with Crippen LogP contribution in [0.4, 0.5) is 8.78 Å². The van der Waals surface area contributed by atoms with Gasteiger partial charge in [0.05, 0.1) is 18.1 Å². The summed E-state index contributed by atoms with van der Waals surface area (Å²) in [6.45, 7) is -1.27. The van der Waals surface area contributed by atoms with Crippen LogP contribution in [0.25, 0.3) is 0 Å². The predicted octanol–water partition coefficient (Wildman–Crippen LogP) is 2.82. The van der Waals surface area contributed by atoms with Crippen LogP contribution in [0.2, 0.25) is 0 Å². The Bertz CT molecular complexity index is 491. The molecule has 20 heavy (non-hydrogen) atoms. The largest absolute Gasteiger partial charge is 0.462 e. The van der Waals surface area contributed by atoms with E-state index in [1.807, 2.05) is 0 Å². The number of carbonyl (C=O) groups is 2. The van der Waals surface area contributed by atoms with Crippen molar-refractivity contribution in [3.8, 4) is 5.75 Å². The van der Waals surface area contributed by atoms with Crippen LogP contribution in [-0.2, 0) is 16.0 Å². The van der Waals surface area contributed by atoms with Crippen LogP contribution in [0.3, 0.4) is 0 Å². The molecule has 0 bridgehead atoms. The lowest BCUT2D eigenvalue weighted by molar-refractivity contribution is -0.116. The van der Waals surface area contributed by atoms with Crippen molar-refractivity contribution in [3.05, 3.63) is 29.3 Å². The normalized spacial score (nSPS) is 10.4. The topological polar surface area (TPSA) is 52.6 Å². The molecule has 0 amide bonds. The summed E-state index contributed by atoms with van der Waals surface area (Å²) >= 11 is 5.37. The smallest absolute Gasteiger partial charge is 0.387 e. The Kier molecular flexibility index (Phi) is 6.38. The first-order valence-corrected chi connectivity index (χ1v) is 6.33. The van der Waals surface area contributed by atoms with Gasteiger partial charge in [-0.15, -0.1) is 11.6 Å². The summed E-state index contributed by atoms with van der Waals surface area (Å²) < 4.78 is 33.8. The summed E-state index contributed by atoms with van der Waals surface area (Å²) in [4.78, 5) is 22.8. The zero-order valence-electron chi connectivity index (χ0n) is 10.7. The Morgan fingerprint density at radius 2 is 2.05 bits per heavy atom. The van der Waals surface area contributed by atoms with Gasteiger partial charge in [0.25, 0.3) is 0 Å². The average molecular weight is 307 g/mol. The number of alkyl halides is 3. The monoisotopic (exact) mass is 306 g/mol. The number of Topliss-reactive ketones (excluding diaryl/α,β-unsaturated/α-hetero) is 1. The number of benzene rings is 1. The first-order chi connectivity index (χ1) is 9.47. The van der Waals surface area contributed by atoms with Gasteiger partial charge < -0.3 is 9.47 Å². The van der Waals surface area contributed by atoms with Crippen molar-refractivity contribution < 1.29 is 27.8 Å². The van der Waals surface area contributed by atoms with Gasteiger partial charge in [-0.25, -0.2) is 4.79 Å². The van der Waals surface area contributed by atoms with E-state index in [4.69, 9.17) is 16.3 Å². The van der Waals surface area contributed by atoms with Gasteiger partial charge >= 0.3 is 12.6 Å². The van der Waals surface area contributed by atoms with E-state index in [1.165, 1.54) is 12.1 Å². The maximum atomic E-state index is 12.4. The predicted molar refractivity (Wildman–Crippen MR) is 68.5 cm³/mol. The SMILES string of the molecule is CCOC(=O)c1ccc(CC(=O)CCl)c(OC(F)F)c1. The van der Waals surface area contributed by atoms with Crippen LogP contribution in [0, 0.1) is 0 Å². The van der Waals surface area contributed by atoms with Gasteiger partial charge in [0.15, 0.2) is 5.78 Å². The standard InChI is InChI=1S/C13H13ClF2O4/c1-2-19-12(18)9-4-3-8(5-10(17)7-14)11(6-9)20-13(15)16/h3-4,6,13H,2,5,7H2,1H3. The van der Waals surface area contributed by atoms with Crippen LogP contribution in [0.15, 0.2) is 18.2 Å². The Labute approximate surface area is 119 Å². The third-order valence-corrected chi connectivity index (χ3v) is 2.63. The molecule has 0 aliphatic heterocycles. The molecule has 0 saturated carbocycles. The molecule has 110 valence electrons. The van der Waals surface area contributed by atoms with Gasteiger partial charge in [0.2, 0.25) is 0 Å². The first-order valence-electron chi connectivity index (χ1n) is 5.80. The maximum absolute atomic E-state index is 12.4. The quantitative estimate of drug-likeness (QED) is 0.574. The summed E-state index contributed by atoms with van der Waals surface area (Å²) in [5.41, 5.74) is 0.313. The van der Waals surface area contributed by atoms with E-state index in [0.29, 0.717) is 0 Å². The van der Waals surface area contributed by atoms with Crippen molar-refractivity contribution in [1.29, 1.82) is 0 Å². The molecule has 0 N–H and O–H groups in total. The van der Waals surface area contributed by atoms with E-state index in [0.717, 1.165) is 6.07 Å². The van der Waals surface area contributed by atoms with Gasteiger partial charge in [0, 0.05) is 12.0 Å². The second-order valence-corrected chi connectivity index (χ2v) is 4.04. The molecular formula is C13H13ClF2O4. The van der Waals surface area contributed by atoms with Gasteiger partial charge in [-0.3, -0.25) is 4.79 Å². The molecule has 0 heterocycles. The number of carbonyl (C=O) groups excluding carboxylic acids is 2. The van der Waals surface area contributed by atoms with Crippen molar-refractivity contribution in [2.75, 3.05) is 12.5 Å². The Hall–Kier alpha value is -1.69. The minimum atomic E-state index is -3.06. The number of halogens is 3. The first kappa shape index (κ1) is 16.4. The third-order valence-electron chi connectivity index (χ3n) is 2.33. The molecule has 0 unspecified atom stereocenters. The molecule has 1 aromatic rings. The molecule has 0 fully saturated rings. The number of ketones is 1. The molecule has 0 spiro atoms. The van der Waals surface area contributed by atoms with Crippen molar-refractivity contribution in [2.45, 2.75) is 20.0 Å². The van der Waals surface area contributed by atoms with Crippen LogP contribution >= 0.6 is 11.6 Å². The molecule has 1 aromatic carbocycles. The lowest BCUT2D eigenvalue weighted by Gasteiger charge is -2.11. The van der Waals surface area contributed by atoms with Gasteiger partial charge in [-0.2, -0.15) is 8.78 Å². The van der Waals surface area contributed by atoms with E-state index >= 15 is 0 Å². The van der Waals surface area contributed by atoms with Crippen LogP contribution < -0.4 is 4.74 Å². The summed E-state index contributed by atoms with van der Waals surface area (Å²) in [6, 6.07) is 3.88. The number of esters is 1. The molecule has 0 aliphatic carbocycles. The minimum absolute atomic E-state index is 0.0737. The zero-order chi connectivity index (χ0) is 15.1. The maximum Gasteiger partial charge on any atom is 0.387 e. The lowest BCUT2D eigenvalue weighted by Crippen LogP contribution is -2.11. The molecule has 0 radical (unpaired) electrons. The van der Waals surface area contributed by atoms with Crippen molar-refractivity contribution in [1.82, 2.24) is 0 Å². The number of ether oxygens (including phenoxy) is 2. The average Bonchev–Trinajstić information content (AvgIpc) is 2.40. The highest BCUT2D eigenvalue weighted by molar-refractivity contribution is 6.27. The summed E-state index contributed by atoms with van der Waals surface area (Å²) in [5, 5.41) is 0. The van der Waals surface area contributed by atoms with E-state index in [9.17, 15) is 18.4 Å². The fourth-order valence-corrected chi connectivity index (χ4v) is 1.60. The van der Waals surface area contributed by atoms with E-state index in [1.54, 1.807) is 6.92 Å². The third kappa shape index (κ3) is 4.77. The van der Waals surface area contributed by atoms with E-state index < -0.39 is 12.6 Å². The van der Waals surface area contributed by atoms with Crippen LogP contribution in [0.5, 0.6) is 5.75 Å².